The molecule has 2 saturated carbocycles. The number of nitrogens with one attached hydrogen (secondary N) is 1. The maximum atomic E-state index is 10.2. The van der Waals surface area contributed by atoms with Gasteiger partial charge >= 0.3 is 0 Å². The molecule has 1 aromatic carbocycles. The first-order valence-electron chi connectivity index (χ1n) is 7.84. The van der Waals surface area contributed by atoms with E-state index in [1.54, 1.807) is 0 Å². The van der Waals surface area contributed by atoms with Gasteiger partial charge in [0.05, 0.1) is 12.2 Å². The van der Waals surface area contributed by atoms with Crippen molar-refractivity contribution in [1.82, 2.24) is 5.32 Å². The first-order chi connectivity index (χ1) is 9.76. The van der Waals surface area contributed by atoms with Gasteiger partial charge in [-0.1, -0.05) is 36.8 Å². The second-order valence-corrected chi connectivity index (χ2v) is 6.15. The van der Waals surface area contributed by atoms with Gasteiger partial charge < -0.3 is 15.2 Å². The Kier molecular flexibility index (Phi) is 4.11. The van der Waals surface area contributed by atoms with E-state index in [0.717, 1.165) is 18.6 Å². The van der Waals surface area contributed by atoms with E-state index in [1.165, 1.54) is 19.3 Å². The summed E-state index contributed by atoms with van der Waals surface area (Å²) in [6, 6.07) is 10.4. The Morgan fingerprint density at radius 3 is 2.70 bits per heavy atom. The lowest BCUT2D eigenvalue weighted by Gasteiger charge is -2.61. The van der Waals surface area contributed by atoms with Crippen LogP contribution in [0.2, 0.25) is 0 Å². The summed E-state index contributed by atoms with van der Waals surface area (Å²) in [6.45, 7) is 3.52. The summed E-state index contributed by atoms with van der Waals surface area (Å²) in [6.07, 6.45) is 4.98. The summed E-state index contributed by atoms with van der Waals surface area (Å²) in [5.41, 5.74) is 1.36. The zero-order chi connectivity index (χ0) is 14.0. The van der Waals surface area contributed by atoms with Crippen molar-refractivity contribution >= 4 is 0 Å². The summed E-state index contributed by atoms with van der Waals surface area (Å²) < 4.78 is 5.85. The van der Waals surface area contributed by atoms with Gasteiger partial charge in [0.1, 0.15) is 0 Å². The van der Waals surface area contributed by atoms with Crippen LogP contribution in [-0.2, 0) is 4.74 Å². The van der Waals surface area contributed by atoms with Crippen molar-refractivity contribution in [2.24, 2.45) is 5.41 Å². The van der Waals surface area contributed by atoms with Crippen LogP contribution in [-0.4, -0.2) is 30.4 Å². The molecular formula is C17H25NO2. The van der Waals surface area contributed by atoms with Gasteiger partial charge in [0, 0.05) is 24.6 Å². The average molecular weight is 275 g/mol. The molecule has 1 spiro atoms. The van der Waals surface area contributed by atoms with E-state index in [1.807, 2.05) is 30.3 Å². The number of benzene rings is 1. The molecule has 3 heteroatoms. The molecule has 3 unspecified atom stereocenters. The third-order valence-corrected chi connectivity index (χ3v) is 5.18. The fourth-order valence-electron chi connectivity index (χ4n) is 3.77. The molecule has 0 heterocycles. The normalized spacial score (nSPS) is 28.7. The van der Waals surface area contributed by atoms with Crippen LogP contribution in [0, 0.1) is 5.41 Å². The zero-order valence-electron chi connectivity index (χ0n) is 12.2. The van der Waals surface area contributed by atoms with Gasteiger partial charge in [-0.2, -0.15) is 0 Å². The number of ether oxygens (including phenoxy) is 1. The molecule has 3 rings (SSSR count). The van der Waals surface area contributed by atoms with E-state index in [4.69, 9.17) is 4.74 Å². The van der Waals surface area contributed by atoms with Crippen molar-refractivity contribution < 1.29 is 9.84 Å². The number of aliphatic hydroxyl groups excluding tert-OH is 1. The van der Waals surface area contributed by atoms with E-state index < -0.39 is 6.10 Å². The summed E-state index contributed by atoms with van der Waals surface area (Å²) >= 11 is 0. The third-order valence-electron chi connectivity index (χ3n) is 5.18. The Morgan fingerprint density at radius 1 is 1.35 bits per heavy atom. The lowest BCUT2D eigenvalue weighted by atomic mass is 9.51. The molecule has 0 aromatic heterocycles. The van der Waals surface area contributed by atoms with Crippen LogP contribution >= 0.6 is 0 Å². The van der Waals surface area contributed by atoms with Crippen LogP contribution in [0.3, 0.4) is 0 Å². The minimum absolute atomic E-state index is 0.367. The van der Waals surface area contributed by atoms with Crippen LogP contribution in [0.4, 0.5) is 0 Å². The fourth-order valence-corrected chi connectivity index (χ4v) is 3.77. The lowest BCUT2D eigenvalue weighted by Crippen LogP contribution is -2.67. The van der Waals surface area contributed by atoms with Gasteiger partial charge in [0.2, 0.25) is 0 Å². The van der Waals surface area contributed by atoms with Crippen molar-refractivity contribution in [2.45, 2.75) is 50.9 Å². The summed E-state index contributed by atoms with van der Waals surface area (Å²) in [5, 5.41) is 13.8. The molecule has 110 valence electrons. The average Bonchev–Trinajstić information content (AvgIpc) is 2.41. The van der Waals surface area contributed by atoms with Crippen molar-refractivity contribution in [3.05, 3.63) is 35.9 Å². The van der Waals surface area contributed by atoms with Crippen molar-refractivity contribution in [2.75, 3.05) is 13.2 Å². The Labute approximate surface area is 121 Å². The molecule has 2 N–H and O–H groups in total. The van der Waals surface area contributed by atoms with Gasteiger partial charge in [0.25, 0.3) is 0 Å². The van der Waals surface area contributed by atoms with Crippen LogP contribution in [0.5, 0.6) is 0 Å². The standard InChI is InChI=1S/C17H25NO2/c1-2-20-16-11-15(17(16)9-6-10-17)18-12-14(19)13-7-4-3-5-8-13/h3-5,7-8,14-16,18-19H,2,6,9-12H2,1H3. The highest BCUT2D eigenvalue weighted by Crippen LogP contribution is 2.57. The van der Waals surface area contributed by atoms with Gasteiger partial charge in [-0.05, 0) is 31.7 Å². The quantitative estimate of drug-likeness (QED) is 0.838. The topological polar surface area (TPSA) is 41.5 Å². The monoisotopic (exact) mass is 275 g/mol. The van der Waals surface area contributed by atoms with Gasteiger partial charge in [-0.15, -0.1) is 0 Å². The van der Waals surface area contributed by atoms with Crippen LogP contribution in [0.25, 0.3) is 0 Å². The highest BCUT2D eigenvalue weighted by Gasteiger charge is 2.58. The summed E-state index contributed by atoms with van der Waals surface area (Å²) in [4.78, 5) is 0. The largest absolute Gasteiger partial charge is 0.387 e. The first kappa shape index (κ1) is 14.1. The number of rotatable bonds is 6. The number of hydrogen-bond acceptors (Lipinski definition) is 3. The molecule has 3 atom stereocenters. The molecule has 2 fully saturated rings. The van der Waals surface area contributed by atoms with Gasteiger partial charge in [-0.25, -0.2) is 0 Å². The van der Waals surface area contributed by atoms with E-state index in [0.29, 0.717) is 24.1 Å². The van der Waals surface area contributed by atoms with Gasteiger partial charge in [0.15, 0.2) is 0 Å². The lowest BCUT2D eigenvalue weighted by molar-refractivity contribution is -0.173. The SMILES string of the molecule is CCOC1CC(NCC(O)c2ccccc2)C12CCC2. The molecule has 0 aliphatic heterocycles. The van der Waals surface area contributed by atoms with Gasteiger partial charge in [-0.3, -0.25) is 0 Å². The predicted molar refractivity (Wildman–Crippen MR) is 79.5 cm³/mol. The predicted octanol–water partition coefficient (Wildman–Crippen LogP) is 2.66. The Morgan fingerprint density at radius 2 is 2.10 bits per heavy atom. The molecule has 20 heavy (non-hydrogen) atoms. The highest BCUT2D eigenvalue weighted by molar-refractivity contribution is 5.18. The fraction of sp³-hybridized carbons (Fsp3) is 0.647. The second kappa shape index (κ2) is 5.84. The molecule has 0 radical (unpaired) electrons. The van der Waals surface area contributed by atoms with Crippen molar-refractivity contribution in [3.63, 3.8) is 0 Å². The van der Waals surface area contributed by atoms with E-state index in [9.17, 15) is 5.11 Å². The molecular weight excluding hydrogens is 250 g/mol. The third kappa shape index (κ3) is 2.39. The molecule has 3 nitrogen and oxygen atoms in total. The Balaban J connectivity index is 1.52. The first-order valence-corrected chi connectivity index (χ1v) is 7.84. The number of aliphatic hydroxyl groups is 1. The van der Waals surface area contributed by atoms with Crippen LogP contribution < -0.4 is 5.32 Å². The molecule has 1 aromatic rings. The minimum Gasteiger partial charge on any atom is -0.387 e. The molecule has 0 amide bonds. The molecule has 2 aliphatic rings. The van der Waals surface area contributed by atoms with E-state index in [-0.39, 0.29) is 0 Å². The summed E-state index contributed by atoms with van der Waals surface area (Å²) in [7, 11) is 0. The second-order valence-electron chi connectivity index (χ2n) is 6.15. The van der Waals surface area contributed by atoms with Crippen LogP contribution in [0.15, 0.2) is 30.3 Å². The zero-order valence-corrected chi connectivity index (χ0v) is 12.2. The van der Waals surface area contributed by atoms with Crippen molar-refractivity contribution in [3.8, 4) is 0 Å². The molecule has 0 saturated heterocycles. The number of hydrogen-bond donors (Lipinski definition) is 2. The van der Waals surface area contributed by atoms with E-state index >= 15 is 0 Å². The van der Waals surface area contributed by atoms with Crippen LogP contribution in [0.1, 0.15) is 44.3 Å². The van der Waals surface area contributed by atoms with Crippen molar-refractivity contribution in [1.29, 1.82) is 0 Å². The maximum absolute atomic E-state index is 10.2. The summed E-state index contributed by atoms with van der Waals surface area (Å²) in [5.74, 6) is 0. The molecule has 2 aliphatic carbocycles. The smallest absolute Gasteiger partial charge is 0.0914 e. The maximum Gasteiger partial charge on any atom is 0.0914 e. The minimum atomic E-state index is -0.417. The highest BCUT2D eigenvalue weighted by atomic mass is 16.5. The Bertz CT molecular complexity index is 430. The Hall–Kier alpha value is -0.900. The molecule has 0 bridgehead atoms. The van der Waals surface area contributed by atoms with E-state index in [2.05, 4.69) is 12.2 Å².